The van der Waals surface area contributed by atoms with E-state index in [4.69, 9.17) is 0 Å². The molecule has 2 atom stereocenters. The molecule has 3 heterocycles. The van der Waals surface area contributed by atoms with E-state index in [-0.39, 0.29) is 41.1 Å². The number of amides is 3. The highest BCUT2D eigenvalue weighted by Crippen LogP contribution is 2.38. The van der Waals surface area contributed by atoms with Gasteiger partial charge in [-0.15, -0.1) is 0 Å². The molecule has 3 rings (SSSR count). The number of carbonyl (C=O) groups excluding carboxylic acids is 3. The molecule has 3 amide bonds. The van der Waals surface area contributed by atoms with Gasteiger partial charge >= 0.3 is 0 Å². The molecule has 0 spiro atoms. The molecule has 6 nitrogen and oxygen atoms in total. The first-order valence-corrected chi connectivity index (χ1v) is 9.62. The Hall–Kier alpha value is -1.59. The van der Waals surface area contributed by atoms with Crippen LogP contribution in [0.1, 0.15) is 53.4 Å². The van der Waals surface area contributed by atoms with Gasteiger partial charge in [0, 0.05) is 32.1 Å². The van der Waals surface area contributed by atoms with Crippen LogP contribution in [0.25, 0.3) is 0 Å². The second kappa shape index (κ2) is 6.61. The number of carbonyl (C=O) groups is 3. The van der Waals surface area contributed by atoms with E-state index in [0.29, 0.717) is 18.9 Å². The lowest BCUT2D eigenvalue weighted by Gasteiger charge is -2.50. The molecule has 1 N–H and O–H groups in total. The van der Waals surface area contributed by atoms with Crippen molar-refractivity contribution in [3.05, 3.63) is 0 Å². The fourth-order valence-electron chi connectivity index (χ4n) is 4.66. The molecule has 0 aromatic carbocycles. The zero-order valence-electron chi connectivity index (χ0n) is 15.9. The molecule has 0 saturated carbocycles. The lowest BCUT2D eigenvalue weighted by atomic mass is 9.68. The monoisotopic (exact) mass is 349 g/mol. The smallest absolute Gasteiger partial charge is 0.245 e. The molecule has 0 bridgehead atoms. The highest BCUT2D eigenvalue weighted by Gasteiger charge is 2.51. The first-order valence-electron chi connectivity index (χ1n) is 9.62. The minimum absolute atomic E-state index is 0.0978. The van der Waals surface area contributed by atoms with Crippen LogP contribution >= 0.6 is 0 Å². The molecule has 0 aliphatic carbocycles. The molecule has 0 aromatic heterocycles. The lowest BCUT2D eigenvalue weighted by molar-refractivity contribution is -0.150. The maximum Gasteiger partial charge on any atom is 0.245 e. The molecule has 0 aromatic rings. The van der Waals surface area contributed by atoms with Crippen LogP contribution in [0, 0.1) is 17.3 Å². The topological polar surface area (TPSA) is 69.7 Å². The predicted octanol–water partition coefficient (Wildman–Crippen LogP) is 1.40. The van der Waals surface area contributed by atoms with Gasteiger partial charge in [0.25, 0.3) is 0 Å². The molecule has 2 unspecified atom stereocenters. The Kier molecular flexibility index (Phi) is 4.82. The third kappa shape index (κ3) is 3.15. The summed E-state index contributed by atoms with van der Waals surface area (Å²) in [6, 6.07) is -0.107. The van der Waals surface area contributed by atoms with Crippen LogP contribution in [0.4, 0.5) is 0 Å². The molecule has 3 saturated heterocycles. The Balaban J connectivity index is 1.60. The largest absolute Gasteiger partial charge is 0.351 e. The molecule has 140 valence electrons. The van der Waals surface area contributed by atoms with Gasteiger partial charge in [0.05, 0.1) is 5.41 Å². The van der Waals surface area contributed by atoms with Gasteiger partial charge in [-0.25, -0.2) is 0 Å². The molecule has 3 fully saturated rings. The quantitative estimate of drug-likeness (QED) is 0.780. The van der Waals surface area contributed by atoms with Crippen molar-refractivity contribution < 1.29 is 14.4 Å². The predicted molar refractivity (Wildman–Crippen MR) is 94.6 cm³/mol. The van der Waals surface area contributed by atoms with Crippen molar-refractivity contribution in [2.75, 3.05) is 19.6 Å². The summed E-state index contributed by atoms with van der Waals surface area (Å²) < 4.78 is 0. The van der Waals surface area contributed by atoms with Gasteiger partial charge in [0.15, 0.2) is 0 Å². The minimum Gasteiger partial charge on any atom is -0.351 e. The highest BCUT2D eigenvalue weighted by atomic mass is 16.2. The van der Waals surface area contributed by atoms with Crippen LogP contribution in [0.3, 0.4) is 0 Å². The van der Waals surface area contributed by atoms with Crippen molar-refractivity contribution in [2.45, 2.75) is 65.5 Å². The molecule has 3 aliphatic rings. The summed E-state index contributed by atoms with van der Waals surface area (Å²) in [7, 11) is 0. The second-order valence-electron chi connectivity index (χ2n) is 8.72. The third-order valence-corrected chi connectivity index (χ3v) is 6.30. The van der Waals surface area contributed by atoms with Crippen molar-refractivity contribution in [1.29, 1.82) is 0 Å². The number of rotatable bonds is 4. The van der Waals surface area contributed by atoms with E-state index >= 15 is 0 Å². The van der Waals surface area contributed by atoms with Gasteiger partial charge < -0.3 is 15.1 Å². The van der Waals surface area contributed by atoms with E-state index in [2.05, 4.69) is 5.32 Å². The average Bonchev–Trinajstić information content (AvgIpc) is 2.98. The average molecular weight is 349 g/mol. The number of nitrogens with zero attached hydrogens (tertiary/aromatic N) is 2. The lowest BCUT2D eigenvalue weighted by Crippen LogP contribution is -2.68. The SMILES string of the molecule is CC(C)C(C(=O)N1CCC(C2NC(=O)C2(C)C)CC1)N1CCCC1=O. The zero-order chi connectivity index (χ0) is 18.4. The van der Waals surface area contributed by atoms with Crippen molar-refractivity contribution in [2.24, 2.45) is 17.3 Å². The van der Waals surface area contributed by atoms with E-state index in [1.54, 1.807) is 4.90 Å². The van der Waals surface area contributed by atoms with Gasteiger partial charge in [0.2, 0.25) is 17.7 Å². The maximum absolute atomic E-state index is 13.1. The van der Waals surface area contributed by atoms with E-state index in [1.807, 2.05) is 32.6 Å². The van der Waals surface area contributed by atoms with E-state index in [9.17, 15) is 14.4 Å². The Bertz CT molecular complexity index is 564. The molecule has 25 heavy (non-hydrogen) atoms. The van der Waals surface area contributed by atoms with Crippen LogP contribution in [0.2, 0.25) is 0 Å². The standard InChI is InChI=1S/C19H31N3O3/c1-12(2)15(22-9-5-6-14(22)23)17(24)21-10-7-13(8-11-21)16-19(3,4)18(25)20-16/h12-13,15-16H,5-11H2,1-4H3,(H,20,25). The van der Waals surface area contributed by atoms with Crippen molar-refractivity contribution in [3.8, 4) is 0 Å². The normalized spacial score (nSPS) is 28.1. The van der Waals surface area contributed by atoms with Crippen LogP contribution in [0.5, 0.6) is 0 Å². The Morgan fingerprint density at radius 2 is 1.80 bits per heavy atom. The van der Waals surface area contributed by atoms with E-state index < -0.39 is 0 Å². The number of hydrogen-bond donors (Lipinski definition) is 1. The fourth-order valence-corrected chi connectivity index (χ4v) is 4.66. The summed E-state index contributed by atoms with van der Waals surface area (Å²) >= 11 is 0. The Morgan fingerprint density at radius 1 is 1.16 bits per heavy atom. The van der Waals surface area contributed by atoms with Gasteiger partial charge in [0.1, 0.15) is 6.04 Å². The summed E-state index contributed by atoms with van der Waals surface area (Å²) in [5.74, 6) is 0.893. The Morgan fingerprint density at radius 3 is 2.24 bits per heavy atom. The molecular formula is C19H31N3O3. The van der Waals surface area contributed by atoms with Gasteiger partial charge in [-0.2, -0.15) is 0 Å². The summed E-state index contributed by atoms with van der Waals surface area (Å²) in [6.07, 6.45) is 3.25. The third-order valence-electron chi connectivity index (χ3n) is 6.30. The first kappa shape index (κ1) is 18.2. The number of piperidine rings is 1. The van der Waals surface area contributed by atoms with Crippen molar-refractivity contribution in [1.82, 2.24) is 15.1 Å². The molecule has 3 aliphatic heterocycles. The number of likely N-dealkylation sites (tertiary alicyclic amines) is 2. The number of hydrogen-bond acceptors (Lipinski definition) is 3. The van der Waals surface area contributed by atoms with Crippen LogP contribution < -0.4 is 5.32 Å². The summed E-state index contributed by atoms with van der Waals surface area (Å²) in [5.41, 5.74) is -0.292. The van der Waals surface area contributed by atoms with E-state index in [1.165, 1.54) is 0 Å². The van der Waals surface area contributed by atoms with Gasteiger partial charge in [-0.3, -0.25) is 14.4 Å². The van der Waals surface area contributed by atoms with Crippen molar-refractivity contribution >= 4 is 17.7 Å². The minimum atomic E-state index is -0.327. The summed E-state index contributed by atoms with van der Waals surface area (Å²) in [4.78, 5) is 40.6. The number of β-lactam (4-membered cyclic amide) rings is 1. The molecule has 6 heteroatoms. The first-order chi connectivity index (χ1) is 11.7. The second-order valence-corrected chi connectivity index (χ2v) is 8.72. The molecule has 0 radical (unpaired) electrons. The summed E-state index contributed by atoms with van der Waals surface area (Å²) in [6.45, 7) is 10.2. The van der Waals surface area contributed by atoms with Crippen LogP contribution in [-0.4, -0.2) is 59.2 Å². The van der Waals surface area contributed by atoms with Crippen molar-refractivity contribution in [3.63, 3.8) is 0 Å². The fraction of sp³-hybridized carbons (Fsp3) is 0.842. The molecular weight excluding hydrogens is 318 g/mol. The van der Waals surface area contributed by atoms with Gasteiger partial charge in [-0.1, -0.05) is 13.8 Å². The highest BCUT2D eigenvalue weighted by molar-refractivity contribution is 5.90. The van der Waals surface area contributed by atoms with Gasteiger partial charge in [-0.05, 0) is 44.9 Å². The number of nitrogens with one attached hydrogen (secondary N) is 1. The zero-order valence-corrected chi connectivity index (χ0v) is 15.9. The van der Waals surface area contributed by atoms with Crippen LogP contribution in [0.15, 0.2) is 0 Å². The van der Waals surface area contributed by atoms with E-state index in [0.717, 1.165) is 32.4 Å². The summed E-state index contributed by atoms with van der Waals surface area (Å²) in [5, 5.41) is 3.04. The Labute approximate surface area is 150 Å². The maximum atomic E-state index is 13.1. The van der Waals surface area contributed by atoms with Crippen LogP contribution in [-0.2, 0) is 14.4 Å².